The average molecular weight is 264 g/mol. The van der Waals surface area contributed by atoms with Crippen LogP contribution in [0.5, 0.6) is 0 Å². The molecule has 19 heavy (non-hydrogen) atoms. The SMILES string of the molecule is CCC(C)C(C)(O)CNC(=O)CCc1cccnc1. The molecule has 0 aromatic carbocycles. The van der Waals surface area contributed by atoms with Crippen molar-refractivity contribution in [3.05, 3.63) is 30.1 Å². The van der Waals surface area contributed by atoms with Gasteiger partial charge in [-0.05, 0) is 30.9 Å². The molecule has 2 N–H and O–H groups in total. The van der Waals surface area contributed by atoms with Crippen LogP contribution in [0.2, 0.25) is 0 Å². The van der Waals surface area contributed by atoms with Gasteiger partial charge in [0.2, 0.25) is 5.91 Å². The minimum atomic E-state index is -0.848. The lowest BCUT2D eigenvalue weighted by molar-refractivity contribution is -0.122. The van der Waals surface area contributed by atoms with E-state index in [2.05, 4.69) is 10.3 Å². The molecule has 0 saturated carbocycles. The fourth-order valence-electron chi connectivity index (χ4n) is 1.78. The fourth-order valence-corrected chi connectivity index (χ4v) is 1.78. The van der Waals surface area contributed by atoms with Crippen molar-refractivity contribution in [2.75, 3.05) is 6.54 Å². The van der Waals surface area contributed by atoms with Gasteiger partial charge in [-0.2, -0.15) is 0 Å². The van der Waals surface area contributed by atoms with Crippen molar-refractivity contribution in [3.63, 3.8) is 0 Å². The summed E-state index contributed by atoms with van der Waals surface area (Å²) in [5.41, 5.74) is 0.199. The molecular formula is C15H24N2O2. The van der Waals surface area contributed by atoms with Crippen molar-refractivity contribution in [3.8, 4) is 0 Å². The lowest BCUT2D eigenvalue weighted by Gasteiger charge is -2.29. The molecule has 0 saturated heterocycles. The number of nitrogens with one attached hydrogen (secondary N) is 1. The van der Waals surface area contributed by atoms with Crippen molar-refractivity contribution >= 4 is 5.91 Å². The van der Waals surface area contributed by atoms with Gasteiger partial charge in [0, 0.05) is 25.4 Å². The van der Waals surface area contributed by atoms with Gasteiger partial charge in [-0.25, -0.2) is 0 Å². The van der Waals surface area contributed by atoms with E-state index >= 15 is 0 Å². The van der Waals surface area contributed by atoms with Crippen LogP contribution < -0.4 is 5.32 Å². The Morgan fingerprint density at radius 1 is 1.58 bits per heavy atom. The molecule has 0 aliphatic carbocycles. The molecule has 1 heterocycles. The van der Waals surface area contributed by atoms with E-state index in [1.165, 1.54) is 0 Å². The predicted molar refractivity (Wildman–Crippen MR) is 75.6 cm³/mol. The molecule has 106 valence electrons. The van der Waals surface area contributed by atoms with Gasteiger partial charge in [-0.3, -0.25) is 9.78 Å². The summed E-state index contributed by atoms with van der Waals surface area (Å²) in [6, 6.07) is 3.82. The molecule has 0 aliphatic heterocycles. The minimum Gasteiger partial charge on any atom is -0.388 e. The number of carbonyl (C=O) groups excluding carboxylic acids is 1. The molecule has 0 aliphatic rings. The summed E-state index contributed by atoms with van der Waals surface area (Å²) < 4.78 is 0. The van der Waals surface area contributed by atoms with E-state index in [9.17, 15) is 9.90 Å². The Balaban J connectivity index is 2.32. The molecule has 2 atom stereocenters. The summed E-state index contributed by atoms with van der Waals surface area (Å²) in [5.74, 6) is 0.124. The Bertz CT molecular complexity index is 390. The van der Waals surface area contributed by atoms with Crippen LogP contribution in [-0.4, -0.2) is 28.1 Å². The van der Waals surface area contributed by atoms with Crippen LogP contribution in [0.25, 0.3) is 0 Å². The monoisotopic (exact) mass is 264 g/mol. The van der Waals surface area contributed by atoms with Gasteiger partial charge < -0.3 is 10.4 Å². The lowest BCUT2D eigenvalue weighted by atomic mass is 9.88. The van der Waals surface area contributed by atoms with Crippen molar-refractivity contribution in [1.29, 1.82) is 0 Å². The number of aliphatic hydroxyl groups is 1. The first kappa shape index (κ1) is 15.6. The summed E-state index contributed by atoms with van der Waals surface area (Å²) in [5, 5.41) is 13.0. The molecule has 1 rings (SSSR count). The second-order valence-electron chi connectivity index (χ2n) is 5.30. The highest BCUT2D eigenvalue weighted by atomic mass is 16.3. The maximum atomic E-state index is 11.7. The Hall–Kier alpha value is -1.42. The molecule has 0 radical (unpaired) electrons. The highest BCUT2D eigenvalue weighted by molar-refractivity contribution is 5.76. The molecule has 4 nitrogen and oxygen atoms in total. The third-order valence-corrected chi connectivity index (χ3v) is 3.68. The first-order valence-electron chi connectivity index (χ1n) is 6.83. The Labute approximate surface area is 115 Å². The maximum absolute atomic E-state index is 11.7. The molecule has 0 bridgehead atoms. The van der Waals surface area contributed by atoms with Crippen molar-refractivity contribution in [1.82, 2.24) is 10.3 Å². The molecule has 0 fully saturated rings. The van der Waals surface area contributed by atoms with Crippen molar-refractivity contribution in [2.24, 2.45) is 5.92 Å². The van der Waals surface area contributed by atoms with Gasteiger partial charge >= 0.3 is 0 Å². The quantitative estimate of drug-likeness (QED) is 0.791. The third kappa shape index (κ3) is 5.39. The van der Waals surface area contributed by atoms with E-state index in [-0.39, 0.29) is 11.8 Å². The molecule has 1 amide bonds. The number of hydrogen-bond acceptors (Lipinski definition) is 3. The topological polar surface area (TPSA) is 62.2 Å². The van der Waals surface area contributed by atoms with Crippen LogP contribution in [0.3, 0.4) is 0 Å². The van der Waals surface area contributed by atoms with Gasteiger partial charge in [-0.15, -0.1) is 0 Å². The zero-order valence-electron chi connectivity index (χ0n) is 12.0. The molecular weight excluding hydrogens is 240 g/mol. The standard InChI is InChI=1S/C15H24N2O2/c1-4-12(2)15(3,19)11-17-14(18)8-7-13-6-5-9-16-10-13/h5-6,9-10,12,19H,4,7-8,11H2,1-3H3,(H,17,18). The Kier molecular flexibility index (Phi) is 5.96. The minimum absolute atomic E-state index is 0.0348. The highest BCUT2D eigenvalue weighted by Crippen LogP contribution is 2.18. The molecule has 4 heteroatoms. The summed E-state index contributed by atoms with van der Waals surface area (Å²) in [6.45, 7) is 6.08. The van der Waals surface area contributed by atoms with E-state index < -0.39 is 5.60 Å². The van der Waals surface area contributed by atoms with Gasteiger partial charge in [0.05, 0.1) is 5.60 Å². The lowest BCUT2D eigenvalue weighted by Crippen LogP contribution is -2.45. The van der Waals surface area contributed by atoms with Gasteiger partial charge in [0.25, 0.3) is 0 Å². The largest absolute Gasteiger partial charge is 0.388 e. The van der Waals surface area contributed by atoms with E-state index in [1.807, 2.05) is 26.0 Å². The molecule has 0 spiro atoms. The smallest absolute Gasteiger partial charge is 0.220 e. The average Bonchev–Trinajstić information content (AvgIpc) is 2.43. The summed E-state index contributed by atoms with van der Waals surface area (Å²) in [7, 11) is 0. The van der Waals surface area contributed by atoms with Crippen molar-refractivity contribution < 1.29 is 9.90 Å². The number of nitrogens with zero attached hydrogens (tertiary/aromatic N) is 1. The van der Waals surface area contributed by atoms with Crippen LogP contribution >= 0.6 is 0 Å². The Morgan fingerprint density at radius 2 is 2.32 bits per heavy atom. The zero-order valence-corrected chi connectivity index (χ0v) is 12.0. The second-order valence-corrected chi connectivity index (χ2v) is 5.30. The van der Waals surface area contributed by atoms with Crippen LogP contribution in [0, 0.1) is 5.92 Å². The highest BCUT2D eigenvalue weighted by Gasteiger charge is 2.27. The first-order chi connectivity index (χ1) is 8.95. The maximum Gasteiger partial charge on any atom is 0.220 e. The summed E-state index contributed by atoms with van der Waals surface area (Å²) in [6.07, 6.45) is 5.46. The third-order valence-electron chi connectivity index (χ3n) is 3.68. The van der Waals surface area contributed by atoms with Crippen molar-refractivity contribution in [2.45, 2.75) is 45.6 Å². The fraction of sp³-hybridized carbons (Fsp3) is 0.600. The predicted octanol–water partition coefficient (Wildman–Crippen LogP) is 1.93. The van der Waals surface area contributed by atoms with Gasteiger partial charge in [0.1, 0.15) is 0 Å². The van der Waals surface area contributed by atoms with E-state index in [4.69, 9.17) is 0 Å². The molecule has 1 aromatic rings. The van der Waals surface area contributed by atoms with Crippen LogP contribution in [-0.2, 0) is 11.2 Å². The number of hydrogen-bond donors (Lipinski definition) is 2. The number of rotatable bonds is 7. The number of aryl methyl sites for hydroxylation is 1. The molecule has 2 unspecified atom stereocenters. The van der Waals surface area contributed by atoms with Crippen LogP contribution in [0.15, 0.2) is 24.5 Å². The van der Waals surface area contributed by atoms with Crippen LogP contribution in [0.4, 0.5) is 0 Å². The summed E-state index contributed by atoms with van der Waals surface area (Å²) >= 11 is 0. The number of carbonyl (C=O) groups is 1. The number of aromatic nitrogens is 1. The van der Waals surface area contributed by atoms with E-state index in [1.54, 1.807) is 19.3 Å². The molecule has 1 aromatic heterocycles. The van der Waals surface area contributed by atoms with Crippen LogP contribution in [0.1, 0.15) is 39.2 Å². The zero-order chi connectivity index (χ0) is 14.3. The van der Waals surface area contributed by atoms with Gasteiger partial charge in [0.15, 0.2) is 0 Å². The van der Waals surface area contributed by atoms with Gasteiger partial charge in [-0.1, -0.05) is 26.3 Å². The van der Waals surface area contributed by atoms with E-state index in [0.29, 0.717) is 19.4 Å². The number of pyridine rings is 1. The second kappa shape index (κ2) is 7.24. The summed E-state index contributed by atoms with van der Waals surface area (Å²) in [4.78, 5) is 15.7. The Morgan fingerprint density at radius 3 is 2.89 bits per heavy atom. The normalized spacial score (nSPS) is 15.6. The number of amides is 1. The van der Waals surface area contributed by atoms with E-state index in [0.717, 1.165) is 12.0 Å². The first-order valence-corrected chi connectivity index (χ1v) is 6.83.